The van der Waals surface area contributed by atoms with Crippen LogP contribution in [0.15, 0.2) is 91.0 Å². The fraction of sp³-hybridized carbons (Fsp3) is 0. The molecule has 0 bridgehead atoms. The summed E-state index contributed by atoms with van der Waals surface area (Å²) in [4.78, 5) is 0. The van der Waals surface area contributed by atoms with Crippen molar-refractivity contribution < 1.29 is 20.3 Å². The maximum absolute atomic E-state index is 2.20. The molecule has 0 saturated heterocycles. The zero-order valence-electron chi connectivity index (χ0n) is 12.7. The summed E-state index contributed by atoms with van der Waals surface area (Å²) in [6, 6.07) is 32.0. The fourth-order valence-corrected chi connectivity index (χ4v) is 2.51. The van der Waals surface area contributed by atoms with Gasteiger partial charge in [0.2, 0.25) is 6.71 Å². The Morgan fingerprint density at radius 1 is 0.450 bits per heavy atom. The van der Waals surface area contributed by atoms with Crippen molar-refractivity contribution >= 4 is 23.1 Å². The normalized spacial score (nSPS) is 9.60. The van der Waals surface area contributed by atoms with Crippen molar-refractivity contribution in [1.29, 1.82) is 0 Å². The molecular weight excluding hydrogens is 234 g/mol. The molecule has 0 aliphatic heterocycles. The van der Waals surface area contributed by atoms with Crippen LogP contribution in [-0.4, -0.2) is 6.71 Å². The molecule has 0 heterocycles. The first-order valence-corrected chi connectivity index (χ1v) is 6.60. The van der Waals surface area contributed by atoms with E-state index < -0.39 is 0 Å². The SMILES string of the molecule is [H-].[Li+].c1ccc(B(c2ccccc2)c2ccccc2)cc1. The molecule has 2 heteroatoms. The Labute approximate surface area is 134 Å². The first-order chi connectivity index (χ1) is 9.45. The molecule has 0 aliphatic rings. The smallest absolute Gasteiger partial charge is 1.00 e. The van der Waals surface area contributed by atoms with E-state index in [9.17, 15) is 0 Å². The predicted octanol–water partition coefficient (Wildman–Crippen LogP) is -0.681. The van der Waals surface area contributed by atoms with Crippen LogP contribution in [0.3, 0.4) is 0 Å². The van der Waals surface area contributed by atoms with Crippen molar-refractivity contribution in [3.63, 3.8) is 0 Å². The Kier molecular flexibility index (Phi) is 5.30. The van der Waals surface area contributed by atoms with Crippen LogP contribution in [0.4, 0.5) is 0 Å². The molecule has 0 saturated carbocycles. The Morgan fingerprint density at radius 2 is 0.700 bits per heavy atom. The molecule has 0 unspecified atom stereocenters. The van der Waals surface area contributed by atoms with Crippen LogP contribution in [0.25, 0.3) is 0 Å². The van der Waals surface area contributed by atoms with Gasteiger partial charge in [0.1, 0.15) is 0 Å². The van der Waals surface area contributed by atoms with E-state index in [2.05, 4.69) is 91.0 Å². The third-order valence-electron chi connectivity index (χ3n) is 3.40. The second-order valence-electron chi connectivity index (χ2n) is 4.67. The molecule has 0 nitrogen and oxygen atoms in total. The van der Waals surface area contributed by atoms with Gasteiger partial charge in [0.25, 0.3) is 0 Å². The zero-order valence-corrected chi connectivity index (χ0v) is 11.7. The summed E-state index contributed by atoms with van der Waals surface area (Å²) in [5.41, 5.74) is 4.00. The minimum Gasteiger partial charge on any atom is -1.00 e. The second kappa shape index (κ2) is 7.20. The molecule has 92 valence electrons. The van der Waals surface area contributed by atoms with E-state index in [4.69, 9.17) is 0 Å². The predicted molar refractivity (Wildman–Crippen MR) is 85.1 cm³/mol. The van der Waals surface area contributed by atoms with Gasteiger partial charge < -0.3 is 1.43 Å². The monoisotopic (exact) mass is 250 g/mol. The Balaban J connectivity index is 0.00000110. The van der Waals surface area contributed by atoms with E-state index >= 15 is 0 Å². The molecule has 20 heavy (non-hydrogen) atoms. The van der Waals surface area contributed by atoms with Gasteiger partial charge in [-0.15, -0.1) is 0 Å². The molecular formula is C18H16BLi. The maximum atomic E-state index is 2.20. The summed E-state index contributed by atoms with van der Waals surface area (Å²) in [6.45, 7) is 0.309. The number of hydrogen-bond acceptors (Lipinski definition) is 0. The van der Waals surface area contributed by atoms with Gasteiger partial charge in [-0.2, -0.15) is 0 Å². The van der Waals surface area contributed by atoms with Crippen LogP contribution >= 0.6 is 0 Å². The van der Waals surface area contributed by atoms with Gasteiger partial charge in [0.05, 0.1) is 0 Å². The molecule has 3 rings (SSSR count). The fourth-order valence-electron chi connectivity index (χ4n) is 2.51. The molecule has 0 spiro atoms. The van der Waals surface area contributed by atoms with Gasteiger partial charge in [0, 0.05) is 0 Å². The standard InChI is InChI=1S/C18H15B.Li.H/c1-4-10-16(11-5-1)19(17-12-6-2-7-13-17)18-14-8-3-9-15-18;;/h1-15H;;/q;+1;-1. The van der Waals surface area contributed by atoms with Crippen molar-refractivity contribution in [3.05, 3.63) is 91.0 Å². The number of rotatable bonds is 3. The summed E-state index contributed by atoms with van der Waals surface area (Å²) in [6.07, 6.45) is 0. The van der Waals surface area contributed by atoms with E-state index in [1.54, 1.807) is 0 Å². The average Bonchev–Trinajstić information content (AvgIpc) is 2.51. The third kappa shape index (κ3) is 3.25. The molecule has 0 aromatic heterocycles. The molecule has 0 aliphatic carbocycles. The van der Waals surface area contributed by atoms with Gasteiger partial charge in [-0.25, -0.2) is 0 Å². The van der Waals surface area contributed by atoms with Gasteiger partial charge in [-0.1, -0.05) is 107 Å². The van der Waals surface area contributed by atoms with Crippen LogP contribution in [0.2, 0.25) is 0 Å². The molecule has 0 N–H and O–H groups in total. The van der Waals surface area contributed by atoms with Crippen molar-refractivity contribution in [2.24, 2.45) is 0 Å². The third-order valence-corrected chi connectivity index (χ3v) is 3.40. The Morgan fingerprint density at radius 3 is 0.950 bits per heavy atom. The summed E-state index contributed by atoms with van der Waals surface area (Å²) in [7, 11) is 0. The average molecular weight is 250 g/mol. The van der Waals surface area contributed by atoms with E-state index in [0.717, 1.165) is 0 Å². The minimum absolute atomic E-state index is 0. The second-order valence-corrected chi connectivity index (χ2v) is 4.67. The van der Waals surface area contributed by atoms with E-state index in [1.807, 2.05) is 0 Å². The van der Waals surface area contributed by atoms with Crippen LogP contribution in [0.5, 0.6) is 0 Å². The van der Waals surface area contributed by atoms with E-state index in [-0.39, 0.29) is 20.3 Å². The van der Waals surface area contributed by atoms with E-state index in [1.165, 1.54) is 16.4 Å². The zero-order chi connectivity index (χ0) is 12.9. The van der Waals surface area contributed by atoms with Gasteiger partial charge in [-0.05, 0) is 0 Å². The number of benzene rings is 3. The van der Waals surface area contributed by atoms with Crippen molar-refractivity contribution in [2.45, 2.75) is 0 Å². The van der Waals surface area contributed by atoms with Gasteiger partial charge in [0.15, 0.2) is 0 Å². The molecule has 3 aromatic carbocycles. The van der Waals surface area contributed by atoms with Crippen LogP contribution in [0, 0.1) is 0 Å². The Hall–Kier alpha value is -1.68. The van der Waals surface area contributed by atoms with Crippen LogP contribution in [0.1, 0.15) is 1.43 Å². The summed E-state index contributed by atoms with van der Waals surface area (Å²) >= 11 is 0. The molecule has 0 atom stereocenters. The topological polar surface area (TPSA) is 0 Å². The van der Waals surface area contributed by atoms with Crippen molar-refractivity contribution in [3.8, 4) is 0 Å². The molecule has 0 amide bonds. The first-order valence-electron chi connectivity index (χ1n) is 6.60. The molecule has 0 fully saturated rings. The largest absolute Gasteiger partial charge is 1.00 e. The quantitative estimate of drug-likeness (QED) is 0.540. The van der Waals surface area contributed by atoms with Crippen LogP contribution < -0.4 is 35.2 Å². The van der Waals surface area contributed by atoms with Crippen molar-refractivity contribution in [2.75, 3.05) is 0 Å². The number of hydrogen-bond donors (Lipinski definition) is 0. The summed E-state index contributed by atoms with van der Waals surface area (Å²) in [5, 5.41) is 0. The van der Waals surface area contributed by atoms with Gasteiger partial charge in [-0.3, -0.25) is 0 Å². The van der Waals surface area contributed by atoms with Crippen LogP contribution in [-0.2, 0) is 0 Å². The maximum Gasteiger partial charge on any atom is 1.00 e. The van der Waals surface area contributed by atoms with Gasteiger partial charge >= 0.3 is 18.9 Å². The first kappa shape index (κ1) is 14.7. The summed E-state index contributed by atoms with van der Waals surface area (Å²) in [5.74, 6) is 0. The Bertz CT molecular complexity index is 535. The molecule has 0 radical (unpaired) electrons. The molecule has 3 aromatic rings. The summed E-state index contributed by atoms with van der Waals surface area (Å²) < 4.78 is 0. The van der Waals surface area contributed by atoms with E-state index in [0.29, 0.717) is 6.71 Å². The van der Waals surface area contributed by atoms with Crippen molar-refractivity contribution in [1.82, 2.24) is 0 Å². The minimum atomic E-state index is 0.